The van der Waals surface area contributed by atoms with Crippen LogP contribution in [0.3, 0.4) is 0 Å². The van der Waals surface area contributed by atoms with Gasteiger partial charge in [-0.15, -0.1) is 0 Å². The molecule has 0 saturated heterocycles. The third kappa shape index (κ3) is 2.82. The zero-order chi connectivity index (χ0) is 13.2. The second kappa shape index (κ2) is 5.35. The van der Waals surface area contributed by atoms with E-state index in [0.717, 1.165) is 23.8 Å². The van der Waals surface area contributed by atoms with Crippen molar-refractivity contribution in [3.8, 4) is 0 Å². The molecule has 2 saturated carbocycles. The van der Waals surface area contributed by atoms with Crippen LogP contribution in [0, 0.1) is 11.8 Å². The fourth-order valence-electron chi connectivity index (χ4n) is 3.88. The molecular formula is C15H23N3O. The number of nitrogens with zero attached hydrogens (tertiary/aromatic N) is 2. The van der Waals surface area contributed by atoms with Crippen molar-refractivity contribution >= 4 is 5.91 Å². The van der Waals surface area contributed by atoms with E-state index in [0.29, 0.717) is 12.5 Å². The summed E-state index contributed by atoms with van der Waals surface area (Å²) in [7, 11) is 1.91. The van der Waals surface area contributed by atoms with E-state index >= 15 is 0 Å². The lowest BCUT2D eigenvalue weighted by Crippen LogP contribution is -2.37. The predicted octanol–water partition coefficient (Wildman–Crippen LogP) is 2.05. The first-order valence-corrected chi connectivity index (χ1v) is 7.49. The highest BCUT2D eigenvalue weighted by Gasteiger charge is 2.39. The lowest BCUT2D eigenvalue weighted by Gasteiger charge is -2.19. The van der Waals surface area contributed by atoms with Crippen LogP contribution in [0.4, 0.5) is 0 Å². The van der Waals surface area contributed by atoms with Gasteiger partial charge in [-0.3, -0.25) is 9.48 Å². The molecule has 1 heterocycles. The molecule has 2 aliphatic carbocycles. The normalized spacial score (nSPS) is 29.4. The summed E-state index contributed by atoms with van der Waals surface area (Å²) in [5.41, 5.74) is 1.14. The van der Waals surface area contributed by atoms with Gasteiger partial charge in [0, 0.05) is 25.7 Å². The second-order valence-corrected chi connectivity index (χ2v) is 6.13. The Balaban J connectivity index is 1.46. The van der Waals surface area contributed by atoms with Gasteiger partial charge in [0.15, 0.2) is 0 Å². The molecule has 4 heteroatoms. The third-order valence-electron chi connectivity index (χ3n) is 4.83. The largest absolute Gasteiger partial charge is 0.353 e. The quantitative estimate of drug-likeness (QED) is 0.901. The standard InChI is InChI=1S/C15H23N3O/c1-18-10-11(9-16-18)5-8-15(19)17-14-7-6-12-3-2-4-13(12)14/h9-10,12-14H,2-8H2,1H3,(H,17,19)/t12-,13-,14-/m0/s1. The smallest absolute Gasteiger partial charge is 0.220 e. The van der Waals surface area contributed by atoms with Crippen LogP contribution in [0.2, 0.25) is 0 Å². The summed E-state index contributed by atoms with van der Waals surface area (Å²) in [6.07, 6.45) is 11.8. The average Bonchev–Trinajstić information content (AvgIpc) is 3.05. The Morgan fingerprint density at radius 3 is 3.11 bits per heavy atom. The highest BCUT2D eigenvalue weighted by Crippen LogP contribution is 2.43. The maximum absolute atomic E-state index is 12.0. The molecule has 19 heavy (non-hydrogen) atoms. The molecule has 0 aromatic carbocycles. The van der Waals surface area contributed by atoms with Crippen LogP contribution in [-0.4, -0.2) is 21.7 Å². The van der Waals surface area contributed by atoms with E-state index in [1.807, 2.05) is 19.4 Å². The van der Waals surface area contributed by atoms with Crippen molar-refractivity contribution in [2.24, 2.45) is 18.9 Å². The van der Waals surface area contributed by atoms with Crippen LogP contribution >= 0.6 is 0 Å². The van der Waals surface area contributed by atoms with Gasteiger partial charge >= 0.3 is 0 Å². The van der Waals surface area contributed by atoms with Crippen LogP contribution < -0.4 is 5.32 Å². The number of fused-ring (bicyclic) bond motifs is 1. The summed E-state index contributed by atoms with van der Waals surface area (Å²) in [6.45, 7) is 0. The number of hydrogen-bond donors (Lipinski definition) is 1. The Bertz CT molecular complexity index is 454. The van der Waals surface area contributed by atoms with E-state index in [1.165, 1.54) is 32.1 Å². The molecule has 1 aromatic rings. The monoisotopic (exact) mass is 261 g/mol. The van der Waals surface area contributed by atoms with Crippen molar-refractivity contribution in [1.82, 2.24) is 15.1 Å². The molecule has 0 aliphatic heterocycles. The fourth-order valence-corrected chi connectivity index (χ4v) is 3.88. The second-order valence-electron chi connectivity index (χ2n) is 6.13. The Kier molecular flexibility index (Phi) is 3.58. The fraction of sp³-hybridized carbons (Fsp3) is 0.733. The first kappa shape index (κ1) is 12.7. The Morgan fingerprint density at radius 2 is 2.32 bits per heavy atom. The Labute approximate surface area is 114 Å². The number of aromatic nitrogens is 2. The van der Waals surface area contributed by atoms with Crippen LogP contribution in [-0.2, 0) is 18.3 Å². The summed E-state index contributed by atoms with van der Waals surface area (Å²) in [4.78, 5) is 12.0. The van der Waals surface area contributed by atoms with Crippen molar-refractivity contribution in [1.29, 1.82) is 0 Å². The van der Waals surface area contributed by atoms with Crippen LogP contribution in [0.5, 0.6) is 0 Å². The maximum Gasteiger partial charge on any atom is 0.220 e. The Morgan fingerprint density at radius 1 is 1.42 bits per heavy atom. The Hall–Kier alpha value is -1.32. The van der Waals surface area contributed by atoms with E-state index in [1.54, 1.807) is 4.68 Å². The van der Waals surface area contributed by atoms with Gasteiger partial charge in [0.1, 0.15) is 0 Å². The number of carbonyl (C=O) groups is 1. The minimum Gasteiger partial charge on any atom is -0.353 e. The van der Waals surface area contributed by atoms with Gasteiger partial charge in [0.2, 0.25) is 5.91 Å². The van der Waals surface area contributed by atoms with E-state index in [4.69, 9.17) is 0 Å². The highest BCUT2D eigenvalue weighted by atomic mass is 16.1. The van der Waals surface area contributed by atoms with Crippen molar-refractivity contribution in [3.05, 3.63) is 18.0 Å². The third-order valence-corrected chi connectivity index (χ3v) is 4.83. The predicted molar refractivity (Wildman–Crippen MR) is 73.5 cm³/mol. The summed E-state index contributed by atoms with van der Waals surface area (Å²) in [6, 6.07) is 0.453. The number of aryl methyl sites for hydroxylation is 2. The first-order chi connectivity index (χ1) is 9.22. The molecule has 3 atom stereocenters. The number of nitrogens with one attached hydrogen (secondary N) is 1. The molecule has 0 unspecified atom stereocenters. The lowest BCUT2D eigenvalue weighted by molar-refractivity contribution is -0.122. The van der Waals surface area contributed by atoms with E-state index in [-0.39, 0.29) is 5.91 Å². The van der Waals surface area contributed by atoms with Gasteiger partial charge in [-0.2, -0.15) is 5.10 Å². The average molecular weight is 261 g/mol. The zero-order valence-electron chi connectivity index (χ0n) is 11.6. The van der Waals surface area contributed by atoms with Gasteiger partial charge in [0.25, 0.3) is 0 Å². The van der Waals surface area contributed by atoms with Crippen molar-refractivity contribution in [3.63, 3.8) is 0 Å². The molecule has 4 nitrogen and oxygen atoms in total. The molecule has 0 bridgehead atoms. The first-order valence-electron chi connectivity index (χ1n) is 7.49. The van der Waals surface area contributed by atoms with Crippen molar-refractivity contribution < 1.29 is 4.79 Å². The van der Waals surface area contributed by atoms with E-state index in [2.05, 4.69) is 10.4 Å². The molecule has 0 radical (unpaired) electrons. The number of amides is 1. The van der Waals surface area contributed by atoms with Gasteiger partial charge in [-0.05, 0) is 43.1 Å². The van der Waals surface area contributed by atoms with E-state index < -0.39 is 0 Å². The molecule has 0 spiro atoms. The molecule has 3 rings (SSSR count). The molecule has 1 N–H and O–H groups in total. The zero-order valence-corrected chi connectivity index (χ0v) is 11.6. The lowest BCUT2D eigenvalue weighted by atomic mass is 9.97. The molecule has 2 fully saturated rings. The van der Waals surface area contributed by atoms with Crippen LogP contribution in [0.25, 0.3) is 0 Å². The summed E-state index contributed by atoms with van der Waals surface area (Å²) >= 11 is 0. The van der Waals surface area contributed by atoms with Gasteiger partial charge < -0.3 is 5.32 Å². The summed E-state index contributed by atoms with van der Waals surface area (Å²) in [5.74, 6) is 1.87. The number of hydrogen-bond acceptors (Lipinski definition) is 2. The minimum absolute atomic E-state index is 0.210. The highest BCUT2D eigenvalue weighted by molar-refractivity contribution is 5.76. The van der Waals surface area contributed by atoms with Gasteiger partial charge in [0.05, 0.1) is 6.20 Å². The van der Waals surface area contributed by atoms with Gasteiger partial charge in [-0.25, -0.2) is 0 Å². The van der Waals surface area contributed by atoms with Crippen LogP contribution in [0.15, 0.2) is 12.4 Å². The number of carbonyl (C=O) groups excluding carboxylic acids is 1. The summed E-state index contributed by atoms with van der Waals surface area (Å²) < 4.78 is 1.79. The van der Waals surface area contributed by atoms with Gasteiger partial charge in [-0.1, -0.05) is 12.8 Å². The van der Waals surface area contributed by atoms with Crippen molar-refractivity contribution in [2.75, 3.05) is 0 Å². The van der Waals surface area contributed by atoms with Crippen LogP contribution in [0.1, 0.15) is 44.1 Å². The maximum atomic E-state index is 12.0. The van der Waals surface area contributed by atoms with Crippen molar-refractivity contribution in [2.45, 2.75) is 51.0 Å². The molecular weight excluding hydrogens is 238 g/mol. The molecule has 2 aliphatic rings. The van der Waals surface area contributed by atoms with E-state index in [9.17, 15) is 4.79 Å². The molecule has 1 aromatic heterocycles. The molecule has 104 valence electrons. The topological polar surface area (TPSA) is 46.9 Å². The summed E-state index contributed by atoms with van der Waals surface area (Å²) in [5, 5.41) is 7.39. The SMILES string of the molecule is Cn1cc(CCC(=O)N[C@H]2CC[C@@H]3CCC[C@@H]32)cn1. The molecule has 1 amide bonds. The number of rotatable bonds is 4. The minimum atomic E-state index is 0.210.